The predicted molar refractivity (Wildman–Crippen MR) is 101 cm³/mol. The first-order valence-electron chi connectivity index (χ1n) is 9.21. The molecule has 138 valence electrons. The third-order valence-corrected chi connectivity index (χ3v) is 4.31. The lowest BCUT2D eigenvalue weighted by Crippen LogP contribution is -2.18. The van der Waals surface area contributed by atoms with Crippen molar-refractivity contribution in [2.24, 2.45) is 7.05 Å². The van der Waals surface area contributed by atoms with E-state index in [1.807, 2.05) is 18.2 Å². The molecule has 0 aliphatic heterocycles. The number of pyridine rings is 1. The van der Waals surface area contributed by atoms with Gasteiger partial charge in [-0.15, -0.1) is 0 Å². The zero-order chi connectivity index (χ0) is 18.2. The van der Waals surface area contributed by atoms with Crippen molar-refractivity contribution in [1.29, 1.82) is 0 Å². The molecule has 1 aromatic carbocycles. The molecule has 0 aliphatic rings. The van der Waals surface area contributed by atoms with E-state index in [-0.39, 0.29) is 11.5 Å². The van der Waals surface area contributed by atoms with Crippen molar-refractivity contribution >= 4 is 10.9 Å². The van der Waals surface area contributed by atoms with E-state index in [0.29, 0.717) is 24.1 Å². The third-order valence-electron chi connectivity index (χ3n) is 4.31. The van der Waals surface area contributed by atoms with Gasteiger partial charge in [0.25, 0.3) is 5.56 Å². The Morgan fingerprint density at radius 3 is 2.44 bits per heavy atom. The van der Waals surface area contributed by atoms with Gasteiger partial charge in [-0.05, 0) is 25.0 Å². The molecule has 0 saturated carbocycles. The molecule has 0 atom stereocenters. The highest BCUT2D eigenvalue weighted by Crippen LogP contribution is 2.33. The lowest BCUT2D eigenvalue weighted by Gasteiger charge is -2.14. The molecule has 0 spiro atoms. The molecule has 0 unspecified atom stereocenters. The van der Waals surface area contributed by atoms with Crippen LogP contribution in [0.15, 0.2) is 23.0 Å². The number of aryl methyl sites for hydroxylation is 1. The summed E-state index contributed by atoms with van der Waals surface area (Å²) in [6.45, 7) is 5.38. The van der Waals surface area contributed by atoms with E-state index in [2.05, 4.69) is 13.8 Å². The fourth-order valence-electron chi connectivity index (χ4n) is 2.75. The van der Waals surface area contributed by atoms with Gasteiger partial charge in [0, 0.05) is 18.5 Å². The van der Waals surface area contributed by atoms with Gasteiger partial charge in [0.2, 0.25) is 5.75 Å². The summed E-state index contributed by atoms with van der Waals surface area (Å²) in [5.41, 5.74) is 0.236. The van der Waals surface area contributed by atoms with Gasteiger partial charge in [-0.2, -0.15) is 0 Å². The van der Waals surface area contributed by atoms with Crippen LogP contribution in [0.4, 0.5) is 0 Å². The number of aromatic nitrogens is 1. The molecule has 0 aliphatic carbocycles. The summed E-state index contributed by atoms with van der Waals surface area (Å²) >= 11 is 0. The van der Waals surface area contributed by atoms with E-state index in [9.17, 15) is 9.90 Å². The lowest BCUT2D eigenvalue weighted by atomic mass is 10.1. The molecule has 0 bridgehead atoms. The van der Waals surface area contributed by atoms with Gasteiger partial charge in [-0.3, -0.25) is 4.79 Å². The highest BCUT2D eigenvalue weighted by Gasteiger charge is 2.16. The van der Waals surface area contributed by atoms with Crippen molar-refractivity contribution < 1.29 is 14.6 Å². The minimum absolute atomic E-state index is 0.265. The SMILES string of the molecule is CCCCCCOc1ccc2c(OCCCC)c(O)c(=O)n(C)c2c1. The van der Waals surface area contributed by atoms with Crippen molar-refractivity contribution in [3.05, 3.63) is 28.6 Å². The smallest absolute Gasteiger partial charge is 0.296 e. The van der Waals surface area contributed by atoms with Gasteiger partial charge in [0.05, 0.1) is 18.7 Å². The maximum atomic E-state index is 12.3. The zero-order valence-electron chi connectivity index (χ0n) is 15.5. The van der Waals surface area contributed by atoms with Crippen molar-refractivity contribution in [3.8, 4) is 17.2 Å². The lowest BCUT2D eigenvalue weighted by molar-refractivity contribution is 0.294. The molecule has 1 N–H and O–H groups in total. The van der Waals surface area contributed by atoms with E-state index in [4.69, 9.17) is 9.47 Å². The van der Waals surface area contributed by atoms with Crippen LogP contribution in [0.5, 0.6) is 17.2 Å². The van der Waals surface area contributed by atoms with E-state index >= 15 is 0 Å². The van der Waals surface area contributed by atoms with E-state index in [1.54, 1.807) is 7.05 Å². The van der Waals surface area contributed by atoms with Gasteiger partial charge in [-0.25, -0.2) is 0 Å². The Kier molecular flexibility index (Phi) is 7.16. The Labute approximate surface area is 149 Å². The molecule has 2 aromatic rings. The Morgan fingerprint density at radius 2 is 1.72 bits per heavy atom. The van der Waals surface area contributed by atoms with E-state index < -0.39 is 5.56 Å². The number of unbranched alkanes of at least 4 members (excludes halogenated alkanes) is 4. The number of aromatic hydroxyl groups is 1. The van der Waals surface area contributed by atoms with Crippen LogP contribution in [0.3, 0.4) is 0 Å². The fraction of sp³-hybridized carbons (Fsp3) is 0.550. The number of hydrogen-bond donors (Lipinski definition) is 1. The quantitative estimate of drug-likeness (QED) is 0.648. The van der Waals surface area contributed by atoms with Gasteiger partial charge in [0.1, 0.15) is 5.75 Å². The largest absolute Gasteiger partial charge is 0.500 e. The highest BCUT2D eigenvalue weighted by atomic mass is 16.5. The summed E-state index contributed by atoms with van der Waals surface area (Å²) in [5.74, 6) is 0.657. The summed E-state index contributed by atoms with van der Waals surface area (Å²) in [4.78, 5) is 12.3. The number of hydrogen-bond acceptors (Lipinski definition) is 4. The van der Waals surface area contributed by atoms with Crippen LogP contribution in [0.1, 0.15) is 52.4 Å². The van der Waals surface area contributed by atoms with Crippen LogP contribution < -0.4 is 15.0 Å². The molecule has 1 heterocycles. The standard InChI is InChI=1S/C20H29NO4/c1-4-6-8-9-13-24-15-10-11-16-17(14-15)21(3)20(23)18(22)19(16)25-12-7-5-2/h10-11,14,22H,4-9,12-13H2,1-3H3. The fourth-order valence-corrected chi connectivity index (χ4v) is 2.75. The normalized spacial score (nSPS) is 11.0. The predicted octanol–water partition coefficient (Wildman–Crippen LogP) is 4.38. The molecule has 0 fully saturated rings. The number of benzene rings is 1. The van der Waals surface area contributed by atoms with Crippen LogP contribution >= 0.6 is 0 Å². The summed E-state index contributed by atoms with van der Waals surface area (Å²) in [7, 11) is 1.64. The van der Waals surface area contributed by atoms with Gasteiger partial charge < -0.3 is 19.1 Å². The van der Waals surface area contributed by atoms with Crippen LogP contribution in [0.2, 0.25) is 0 Å². The van der Waals surface area contributed by atoms with Gasteiger partial charge in [-0.1, -0.05) is 39.5 Å². The molecular weight excluding hydrogens is 318 g/mol. The van der Waals surface area contributed by atoms with Gasteiger partial charge >= 0.3 is 0 Å². The number of nitrogens with zero attached hydrogens (tertiary/aromatic N) is 1. The second-order valence-electron chi connectivity index (χ2n) is 6.33. The van der Waals surface area contributed by atoms with Crippen LogP contribution in [0, 0.1) is 0 Å². The maximum absolute atomic E-state index is 12.3. The number of ether oxygens (including phenoxy) is 2. The minimum Gasteiger partial charge on any atom is -0.500 e. The molecule has 25 heavy (non-hydrogen) atoms. The summed E-state index contributed by atoms with van der Waals surface area (Å²) in [5, 5.41) is 10.9. The molecule has 0 radical (unpaired) electrons. The zero-order valence-corrected chi connectivity index (χ0v) is 15.5. The summed E-state index contributed by atoms with van der Waals surface area (Å²) < 4.78 is 12.9. The summed E-state index contributed by atoms with van der Waals surface area (Å²) in [6.07, 6.45) is 6.45. The van der Waals surface area contributed by atoms with Crippen molar-refractivity contribution in [2.45, 2.75) is 52.4 Å². The first kappa shape index (κ1) is 19.2. The monoisotopic (exact) mass is 347 g/mol. The van der Waals surface area contributed by atoms with Crippen LogP contribution in [-0.4, -0.2) is 22.9 Å². The average molecular weight is 347 g/mol. The van der Waals surface area contributed by atoms with Gasteiger partial charge in [0.15, 0.2) is 5.75 Å². The molecule has 0 amide bonds. The first-order chi connectivity index (χ1) is 12.1. The minimum atomic E-state index is -0.459. The second-order valence-corrected chi connectivity index (χ2v) is 6.33. The van der Waals surface area contributed by atoms with E-state index in [1.165, 1.54) is 17.4 Å². The molecule has 5 heteroatoms. The Balaban J connectivity index is 2.26. The Hall–Kier alpha value is -2.17. The second kappa shape index (κ2) is 9.35. The Bertz CT molecular complexity index is 751. The molecule has 2 rings (SSSR count). The molecule has 0 saturated heterocycles. The summed E-state index contributed by atoms with van der Waals surface area (Å²) in [6, 6.07) is 5.54. The number of fused-ring (bicyclic) bond motifs is 1. The average Bonchev–Trinajstić information content (AvgIpc) is 2.62. The molecular formula is C20H29NO4. The maximum Gasteiger partial charge on any atom is 0.296 e. The highest BCUT2D eigenvalue weighted by molar-refractivity contribution is 5.88. The van der Waals surface area contributed by atoms with Crippen LogP contribution in [-0.2, 0) is 7.05 Å². The number of rotatable bonds is 10. The molecule has 1 aromatic heterocycles. The molecule has 5 nitrogen and oxygen atoms in total. The van der Waals surface area contributed by atoms with Crippen molar-refractivity contribution in [2.75, 3.05) is 13.2 Å². The van der Waals surface area contributed by atoms with Crippen LogP contribution in [0.25, 0.3) is 10.9 Å². The topological polar surface area (TPSA) is 60.7 Å². The Morgan fingerprint density at radius 1 is 1.00 bits per heavy atom. The van der Waals surface area contributed by atoms with Crippen molar-refractivity contribution in [1.82, 2.24) is 4.57 Å². The van der Waals surface area contributed by atoms with Crippen molar-refractivity contribution in [3.63, 3.8) is 0 Å². The first-order valence-corrected chi connectivity index (χ1v) is 9.21. The van der Waals surface area contributed by atoms with E-state index in [0.717, 1.165) is 31.4 Å². The third kappa shape index (κ3) is 4.68.